The van der Waals surface area contributed by atoms with Crippen LogP contribution < -0.4 is 15.5 Å². The smallest absolute Gasteiger partial charge is 0.262 e. The Morgan fingerprint density at radius 3 is 2.37 bits per heavy atom. The molecule has 2 aromatic rings. The summed E-state index contributed by atoms with van der Waals surface area (Å²) in [5.74, 6) is 0.160. The summed E-state index contributed by atoms with van der Waals surface area (Å²) < 4.78 is 5.74. The Hall–Kier alpha value is -2.86. The summed E-state index contributed by atoms with van der Waals surface area (Å²) in [6.45, 7) is 7.85. The molecule has 0 aliphatic carbocycles. The number of nitrogens with one attached hydrogen (secondary N) is 2. The summed E-state index contributed by atoms with van der Waals surface area (Å²) in [5.41, 5.74) is 3.70. The number of para-hydroxylation sites is 1. The molecule has 2 N–H and O–H groups in total. The van der Waals surface area contributed by atoms with Gasteiger partial charge in [-0.15, -0.1) is 0 Å². The molecule has 30 heavy (non-hydrogen) atoms. The number of rotatable bonds is 9. The average Bonchev–Trinajstić information content (AvgIpc) is 2.68. The van der Waals surface area contributed by atoms with E-state index in [2.05, 4.69) is 15.8 Å². The molecule has 0 fully saturated rings. The highest BCUT2D eigenvalue weighted by Crippen LogP contribution is 2.17. The molecule has 0 bridgehead atoms. The SMILES string of the molecule is CC(C)CC(NC(=O)c1ccc(Cl)cc1)C(=O)NN=Cc1ccccc1OC(C)C. The van der Waals surface area contributed by atoms with Crippen LogP contribution in [0.25, 0.3) is 0 Å². The van der Waals surface area contributed by atoms with E-state index in [0.717, 1.165) is 5.56 Å². The first-order valence-electron chi connectivity index (χ1n) is 9.91. The van der Waals surface area contributed by atoms with Gasteiger partial charge in [0.1, 0.15) is 11.8 Å². The van der Waals surface area contributed by atoms with E-state index >= 15 is 0 Å². The highest BCUT2D eigenvalue weighted by Gasteiger charge is 2.22. The van der Waals surface area contributed by atoms with Crippen LogP contribution in [0.15, 0.2) is 53.6 Å². The second kappa shape index (κ2) is 11.4. The number of halogens is 1. The van der Waals surface area contributed by atoms with Crippen LogP contribution in [0.4, 0.5) is 0 Å². The number of hydrogen-bond acceptors (Lipinski definition) is 4. The predicted molar refractivity (Wildman–Crippen MR) is 120 cm³/mol. The molecule has 2 amide bonds. The topological polar surface area (TPSA) is 79.8 Å². The molecule has 1 atom stereocenters. The molecule has 0 spiro atoms. The first-order valence-corrected chi connectivity index (χ1v) is 10.3. The van der Waals surface area contributed by atoms with Crippen molar-refractivity contribution < 1.29 is 14.3 Å². The van der Waals surface area contributed by atoms with Gasteiger partial charge in [0.25, 0.3) is 11.8 Å². The minimum absolute atomic E-state index is 0.0210. The van der Waals surface area contributed by atoms with Crippen molar-refractivity contribution in [1.29, 1.82) is 0 Å². The van der Waals surface area contributed by atoms with Crippen molar-refractivity contribution in [2.24, 2.45) is 11.0 Å². The Labute approximate surface area is 182 Å². The number of carbonyl (C=O) groups is 2. The van der Waals surface area contributed by atoms with Crippen molar-refractivity contribution in [2.75, 3.05) is 0 Å². The molecular weight excluding hydrogens is 402 g/mol. The summed E-state index contributed by atoms with van der Waals surface area (Å²) in [6, 6.07) is 13.2. The third kappa shape index (κ3) is 7.52. The maximum Gasteiger partial charge on any atom is 0.262 e. The lowest BCUT2D eigenvalue weighted by molar-refractivity contribution is -0.123. The van der Waals surface area contributed by atoms with Gasteiger partial charge in [-0.3, -0.25) is 9.59 Å². The van der Waals surface area contributed by atoms with Crippen molar-refractivity contribution in [3.8, 4) is 5.75 Å². The van der Waals surface area contributed by atoms with Gasteiger partial charge in [-0.2, -0.15) is 5.10 Å². The fourth-order valence-electron chi connectivity index (χ4n) is 2.74. The molecule has 0 aliphatic rings. The monoisotopic (exact) mass is 429 g/mol. The lowest BCUT2D eigenvalue weighted by atomic mass is 10.0. The van der Waals surface area contributed by atoms with Crippen LogP contribution in [0.2, 0.25) is 5.02 Å². The fourth-order valence-corrected chi connectivity index (χ4v) is 2.86. The first kappa shape index (κ1) is 23.4. The zero-order valence-corrected chi connectivity index (χ0v) is 18.4. The molecule has 2 aromatic carbocycles. The fraction of sp³-hybridized carbons (Fsp3) is 0.348. The van der Waals surface area contributed by atoms with Crippen molar-refractivity contribution in [1.82, 2.24) is 10.7 Å². The molecular formula is C23H28ClN3O3. The van der Waals surface area contributed by atoms with Crippen LogP contribution in [0.3, 0.4) is 0 Å². The van der Waals surface area contributed by atoms with E-state index in [0.29, 0.717) is 22.8 Å². The second-order valence-electron chi connectivity index (χ2n) is 7.60. The van der Waals surface area contributed by atoms with Crippen molar-refractivity contribution in [3.63, 3.8) is 0 Å². The normalized spacial score (nSPS) is 12.2. The molecule has 0 heterocycles. The van der Waals surface area contributed by atoms with Crippen molar-refractivity contribution in [2.45, 2.75) is 46.3 Å². The van der Waals surface area contributed by atoms with Gasteiger partial charge in [0.15, 0.2) is 0 Å². The molecule has 0 saturated carbocycles. The van der Waals surface area contributed by atoms with E-state index in [-0.39, 0.29) is 23.8 Å². The van der Waals surface area contributed by atoms with E-state index < -0.39 is 6.04 Å². The highest BCUT2D eigenvalue weighted by atomic mass is 35.5. The summed E-state index contributed by atoms with van der Waals surface area (Å²) in [7, 11) is 0. The Kier molecular flexibility index (Phi) is 8.87. The maximum absolute atomic E-state index is 12.7. The predicted octanol–water partition coefficient (Wildman–Crippen LogP) is 4.42. The summed E-state index contributed by atoms with van der Waals surface area (Å²) >= 11 is 5.87. The maximum atomic E-state index is 12.7. The third-order valence-corrected chi connectivity index (χ3v) is 4.35. The van der Waals surface area contributed by atoms with Gasteiger partial charge in [-0.1, -0.05) is 37.6 Å². The first-order chi connectivity index (χ1) is 14.3. The Morgan fingerprint density at radius 1 is 1.07 bits per heavy atom. The molecule has 1 unspecified atom stereocenters. The van der Waals surface area contributed by atoms with Gasteiger partial charge in [-0.05, 0) is 62.6 Å². The van der Waals surface area contributed by atoms with E-state index in [1.165, 1.54) is 6.21 Å². The average molecular weight is 430 g/mol. The van der Waals surface area contributed by atoms with Crippen LogP contribution >= 0.6 is 11.6 Å². The largest absolute Gasteiger partial charge is 0.490 e. The van der Waals surface area contributed by atoms with E-state index in [1.54, 1.807) is 24.3 Å². The van der Waals surface area contributed by atoms with Gasteiger partial charge in [0.2, 0.25) is 0 Å². The number of benzene rings is 2. The van der Waals surface area contributed by atoms with Gasteiger partial charge >= 0.3 is 0 Å². The third-order valence-electron chi connectivity index (χ3n) is 4.10. The molecule has 0 aliphatic heterocycles. The highest BCUT2D eigenvalue weighted by molar-refractivity contribution is 6.30. The van der Waals surface area contributed by atoms with Crippen molar-refractivity contribution >= 4 is 29.6 Å². The lowest BCUT2D eigenvalue weighted by Crippen LogP contribution is -2.46. The molecule has 6 nitrogen and oxygen atoms in total. The molecule has 160 valence electrons. The standard InChI is InChI=1S/C23H28ClN3O3/c1-15(2)13-20(26-22(28)17-9-11-19(24)12-10-17)23(29)27-25-14-18-7-5-6-8-21(18)30-16(3)4/h5-12,14-16,20H,13H2,1-4H3,(H,26,28)(H,27,29). The van der Waals surface area contributed by atoms with E-state index in [4.69, 9.17) is 16.3 Å². The van der Waals surface area contributed by atoms with E-state index in [1.807, 2.05) is 52.0 Å². The van der Waals surface area contributed by atoms with Crippen LogP contribution in [0, 0.1) is 5.92 Å². The minimum Gasteiger partial charge on any atom is -0.490 e. The summed E-state index contributed by atoms with van der Waals surface area (Å²) in [5, 5.41) is 7.37. The van der Waals surface area contributed by atoms with Crippen LogP contribution in [0.5, 0.6) is 5.75 Å². The molecule has 0 radical (unpaired) electrons. The second-order valence-corrected chi connectivity index (χ2v) is 8.04. The van der Waals surface area contributed by atoms with Gasteiger partial charge < -0.3 is 10.1 Å². The summed E-state index contributed by atoms with van der Waals surface area (Å²) in [4.78, 5) is 25.2. The quantitative estimate of drug-likeness (QED) is 0.457. The Bertz CT molecular complexity index is 880. The Morgan fingerprint density at radius 2 is 1.73 bits per heavy atom. The number of hydrazone groups is 1. The lowest BCUT2D eigenvalue weighted by Gasteiger charge is -2.19. The summed E-state index contributed by atoms with van der Waals surface area (Å²) in [6.07, 6.45) is 2.03. The van der Waals surface area contributed by atoms with Gasteiger partial charge in [-0.25, -0.2) is 5.43 Å². The van der Waals surface area contributed by atoms with Crippen LogP contribution in [-0.4, -0.2) is 30.2 Å². The molecule has 7 heteroatoms. The number of ether oxygens (including phenoxy) is 1. The Balaban J connectivity index is 2.06. The number of amides is 2. The molecule has 2 rings (SSSR count). The number of nitrogens with zero attached hydrogens (tertiary/aromatic N) is 1. The molecule has 0 saturated heterocycles. The van der Waals surface area contributed by atoms with Gasteiger partial charge in [0.05, 0.1) is 12.3 Å². The number of carbonyl (C=O) groups excluding carboxylic acids is 2. The van der Waals surface area contributed by atoms with Crippen molar-refractivity contribution in [3.05, 3.63) is 64.7 Å². The minimum atomic E-state index is -0.715. The van der Waals surface area contributed by atoms with Crippen LogP contribution in [0.1, 0.15) is 50.0 Å². The van der Waals surface area contributed by atoms with Gasteiger partial charge in [0, 0.05) is 16.1 Å². The zero-order chi connectivity index (χ0) is 22.1. The van der Waals surface area contributed by atoms with Crippen LogP contribution in [-0.2, 0) is 4.79 Å². The van der Waals surface area contributed by atoms with E-state index in [9.17, 15) is 9.59 Å². The number of hydrogen-bond donors (Lipinski definition) is 2. The zero-order valence-electron chi connectivity index (χ0n) is 17.7. The molecule has 0 aromatic heterocycles.